The van der Waals surface area contributed by atoms with E-state index in [0.717, 1.165) is 0 Å². The molecule has 1 aliphatic carbocycles. The van der Waals surface area contributed by atoms with E-state index in [1.54, 1.807) is 0 Å². The summed E-state index contributed by atoms with van der Waals surface area (Å²) in [6.07, 6.45) is 4.16. The van der Waals surface area contributed by atoms with Crippen LogP contribution in [0.25, 0.3) is 0 Å². The van der Waals surface area contributed by atoms with E-state index in [-0.39, 0.29) is 18.3 Å². The third kappa shape index (κ3) is 1.07. The summed E-state index contributed by atoms with van der Waals surface area (Å²) < 4.78 is 4.97. The van der Waals surface area contributed by atoms with Crippen LogP contribution >= 0.6 is 0 Å². The molecule has 0 aromatic heterocycles. The molecule has 1 aliphatic heterocycles. The molecule has 60 valence electrons. The van der Waals surface area contributed by atoms with E-state index in [1.807, 2.05) is 0 Å². The number of nitrogens with zero attached hydrogens (tertiary/aromatic N) is 1. The van der Waals surface area contributed by atoms with Crippen LogP contribution < -0.4 is 0 Å². The van der Waals surface area contributed by atoms with Crippen molar-refractivity contribution in [1.29, 1.82) is 0 Å². The number of hydrogen-bond donors (Lipinski definition) is 0. The molecule has 0 bridgehead atoms. The van der Waals surface area contributed by atoms with Gasteiger partial charge in [0.2, 0.25) is 0 Å². The first kappa shape index (κ1) is 6.97. The highest BCUT2D eigenvalue weighted by atomic mass is 16.5. The summed E-state index contributed by atoms with van der Waals surface area (Å²) in [4.78, 5) is 25.2. The summed E-state index contributed by atoms with van der Waals surface area (Å²) in [6.45, 7) is -0.0730. The molecule has 0 saturated carbocycles. The molecule has 0 saturated heterocycles. The van der Waals surface area contributed by atoms with Crippen molar-refractivity contribution < 1.29 is 14.3 Å². The van der Waals surface area contributed by atoms with E-state index in [2.05, 4.69) is 4.99 Å². The number of ketones is 1. The number of ether oxygens (including phenoxy) is 1. The van der Waals surface area contributed by atoms with Crippen LogP contribution in [0.15, 0.2) is 29.0 Å². The third-order valence-corrected chi connectivity index (χ3v) is 1.53. The van der Waals surface area contributed by atoms with Gasteiger partial charge < -0.3 is 4.74 Å². The first-order valence-electron chi connectivity index (χ1n) is 3.44. The molecule has 0 unspecified atom stereocenters. The summed E-state index contributed by atoms with van der Waals surface area (Å²) in [7, 11) is 0. The van der Waals surface area contributed by atoms with E-state index in [1.165, 1.54) is 18.2 Å². The highest BCUT2D eigenvalue weighted by molar-refractivity contribution is 6.21. The smallest absolute Gasteiger partial charge is 0.284 e. The topological polar surface area (TPSA) is 55.7 Å². The summed E-state index contributed by atoms with van der Waals surface area (Å²) in [6, 6.07) is 0. The monoisotopic (exact) mass is 163 g/mol. The number of hydrogen-bond acceptors (Lipinski definition) is 3. The summed E-state index contributed by atoms with van der Waals surface area (Å²) in [5.74, 6) is -0.0680. The third-order valence-electron chi connectivity index (χ3n) is 1.53. The van der Waals surface area contributed by atoms with Gasteiger partial charge >= 0.3 is 0 Å². The van der Waals surface area contributed by atoms with E-state index in [4.69, 9.17) is 4.74 Å². The number of allylic oxidation sites excluding steroid dienone is 3. The fourth-order valence-electron chi connectivity index (χ4n) is 1.01. The minimum atomic E-state index is -0.318. The first-order valence-corrected chi connectivity index (χ1v) is 3.44. The minimum absolute atomic E-state index is 0.0730. The van der Waals surface area contributed by atoms with E-state index in [9.17, 15) is 9.59 Å². The van der Waals surface area contributed by atoms with Gasteiger partial charge in [-0.1, -0.05) is 0 Å². The van der Waals surface area contributed by atoms with Gasteiger partial charge in [-0.05, 0) is 12.2 Å². The Hall–Kier alpha value is -1.71. The zero-order valence-corrected chi connectivity index (χ0v) is 6.11. The second-order valence-electron chi connectivity index (χ2n) is 2.42. The summed E-state index contributed by atoms with van der Waals surface area (Å²) in [5.41, 5.74) is 0.436. The zero-order chi connectivity index (χ0) is 8.55. The van der Waals surface area contributed by atoms with Crippen molar-refractivity contribution in [3.63, 3.8) is 0 Å². The second-order valence-corrected chi connectivity index (χ2v) is 2.42. The van der Waals surface area contributed by atoms with Gasteiger partial charge in [0.25, 0.3) is 5.91 Å². The average Bonchev–Trinajstić information content (AvgIpc) is 2.05. The minimum Gasteiger partial charge on any atom is -0.481 e. The quantitative estimate of drug-likeness (QED) is 0.472. The van der Waals surface area contributed by atoms with Crippen LogP contribution in [0.3, 0.4) is 0 Å². The van der Waals surface area contributed by atoms with Gasteiger partial charge in [0.1, 0.15) is 11.5 Å². The number of rotatable bonds is 0. The Labute approximate surface area is 68.2 Å². The molecule has 0 N–H and O–H groups in total. The molecule has 0 radical (unpaired) electrons. The highest BCUT2D eigenvalue weighted by Gasteiger charge is 2.19. The van der Waals surface area contributed by atoms with Crippen molar-refractivity contribution in [2.45, 2.75) is 0 Å². The first-order chi connectivity index (χ1) is 5.75. The van der Waals surface area contributed by atoms with Crippen molar-refractivity contribution >= 4 is 17.4 Å². The number of fused-ring (bicyclic) bond motifs is 1. The van der Waals surface area contributed by atoms with Gasteiger partial charge in [0, 0.05) is 6.08 Å². The van der Waals surface area contributed by atoms with Crippen LogP contribution in [0, 0.1) is 0 Å². The Morgan fingerprint density at radius 1 is 1.33 bits per heavy atom. The molecule has 2 aliphatic rings. The SMILES string of the molecule is O=C1C=CC2=NC(=O)COC2=C1. The number of carbonyl (C=O) groups excluding carboxylic acids is 2. The molecule has 4 nitrogen and oxygen atoms in total. The highest BCUT2D eigenvalue weighted by Crippen LogP contribution is 2.12. The molecule has 1 amide bonds. The van der Waals surface area contributed by atoms with Crippen molar-refractivity contribution in [3.8, 4) is 0 Å². The molecule has 12 heavy (non-hydrogen) atoms. The molecule has 0 fully saturated rings. The predicted octanol–water partition coefficient (Wildman–Crippen LogP) is 0.00700. The lowest BCUT2D eigenvalue weighted by Crippen LogP contribution is -2.21. The normalized spacial score (nSPS) is 21.0. The molecule has 1 heterocycles. The maximum absolute atomic E-state index is 10.8. The lowest BCUT2D eigenvalue weighted by atomic mass is 10.1. The van der Waals surface area contributed by atoms with Crippen LogP contribution in [0.2, 0.25) is 0 Å². The Morgan fingerprint density at radius 2 is 2.17 bits per heavy atom. The van der Waals surface area contributed by atoms with Gasteiger partial charge in [-0.15, -0.1) is 0 Å². The molecule has 0 aromatic carbocycles. The van der Waals surface area contributed by atoms with Crippen molar-refractivity contribution in [1.82, 2.24) is 0 Å². The van der Waals surface area contributed by atoms with Crippen LogP contribution in [-0.4, -0.2) is 24.0 Å². The molecule has 0 aromatic rings. The van der Waals surface area contributed by atoms with Gasteiger partial charge in [-0.25, -0.2) is 4.99 Å². The standard InChI is InChI=1S/C8H5NO3/c10-5-1-2-6-7(3-5)12-4-8(11)9-6/h1-3H,4H2. The second kappa shape index (κ2) is 2.41. The lowest BCUT2D eigenvalue weighted by molar-refractivity contribution is -0.121. The number of aliphatic imine (C=N–C) groups is 1. The fourth-order valence-corrected chi connectivity index (χ4v) is 1.01. The van der Waals surface area contributed by atoms with Gasteiger partial charge in [-0.2, -0.15) is 0 Å². The van der Waals surface area contributed by atoms with Gasteiger partial charge in [0.05, 0.1) is 0 Å². The van der Waals surface area contributed by atoms with Crippen LogP contribution in [0.4, 0.5) is 0 Å². The van der Waals surface area contributed by atoms with Crippen molar-refractivity contribution in [3.05, 3.63) is 24.0 Å². The summed E-state index contributed by atoms with van der Waals surface area (Å²) in [5, 5.41) is 0. The van der Waals surface area contributed by atoms with Crippen LogP contribution in [0.5, 0.6) is 0 Å². The molecular formula is C8H5NO3. The van der Waals surface area contributed by atoms with Crippen LogP contribution in [-0.2, 0) is 14.3 Å². The Kier molecular flexibility index (Phi) is 1.40. The van der Waals surface area contributed by atoms with Crippen LogP contribution in [0.1, 0.15) is 0 Å². The Morgan fingerprint density at radius 3 is 3.00 bits per heavy atom. The molecule has 0 atom stereocenters. The van der Waals surface area contributed by atoms with E-state index < -0.39 is 0 Å². The zero-order valence-electron chi connectivity index (χ0n) is 6.11. The predicted molar refractivity (Wildman–Crippen MR) is 40.6 cm³/mol. The van der Waals surface area contributed by atoms with Gasteiger partial charge in [-0.3, -0.25) is 9.59 Å². The largest absolute Gasteiger partial charge is 0.481 e. The number of amides is 1. The summed E-state index contributed by atoms with van der Waals surface area (Å²) >= 11 is 0. The Bertz CT molecular complexity index is 349. The molecule has 2 rings (SSSR count). The lowest BCUT2D eigenvalue weighted by Gasteiger charge is -2.15. The molecule has 4 heteroatoms. The maximum atomic E-state index is 10.8. The Balaban J connectivity index is 2.43. The maximum Gasteiger partial charge on any atom is 0.284 e. The van der Waals surface area contributed by atoms with Crippen molar-refractivity contribution in [2.24, 2.45) is 4.99 Å². The van der Waals surface area contributed by atoms with E-state index in [0.29, 0.717) is 11.5 Å². The fraction of sp³-hybridized carbons (Fsp3) is 0.125. The molecular weight excluding hydrogens is 158 g/mol. The van der Waals surface area contributed by atoms with E-state index >= 15 is 0 Å². The van der Waals surface area contributed by atoms with Crippen molar-refractivity contribution in [2.75, 3.05) is 6.61 Å². The van der Waals surface area contributed by atoms with Gasteiger partial charge in [0.15, 0.2) is 12.4 Å². The number of carbonyl (C=O) groups is 2. The molecule has 0 spiro atoms. The average molecular weight is 163 g/mol.